The zero-order valence-electron chi connectivity index (χ0n) is 14.2. The number of hydrogen-bond donors (Lipinski definition) is 0. The maximum Gasteiger partial charge on any atom is 0.214 e. The molecule has 1 saturated heterocycles. The number of fused-ring (bicyclic) bond motifs is 2. The lowest BCUT2D eigenvalue weighted by Crippen LogP contribution is -2.52. The largest absolute Gasteiger partial charge is 0.301 e. The molecule has 3 rings (SSSR count). The highest BCUT2D eigenvalue weighted by Gasteiger charge is 2.68. The van der Waals surface area contributed by atoms with E-state index < -0.39 is 20.9 Å². The number of halogens is 1. The van der Waals surface area contributed by atoms with Gasteiger partial charge >= 0.3 is 0 Å². The fraction of sp³-hybridized carbons (Fsp3) is 0.938. The highest BCUT2D eigenvalue weighted by atomic mass is 79.9. The molecule has 2 bridgehead atoms. The molecule has 0 amide bonds. The molecule has 0 aromatic heterocycles. The minimum atomic E-state index is -3.33. The van der Waals surface area contributed by atoms with Gasteiger partial charge in [0.2, 0.25) is 10.0 Å². The van der Waals surface area contributed by atoms with E-state index in [9.17, 15) is 13.2 Å². The van der Waals surface area contributed by atoms with Crippen LogP contribution in [0.5, 0.6) is 0 Å². The third kappa shape index (κ3) is 2.53. The summed E-state index contributed by atoms with van der Waals surface area (Å²) in [6.07, 6.45) is 1.75. The van der Waals surface area contributed by atoms with Gasteiger partial charge in [0, 0.05) is 31.6 Å². The van der Waals surface area contributed by atoms with Gasteiger partial charge in [0.1, 0.15) is 0 Å². The van der Waals surface area contributed by atoms with Crippen molar-refractivity contribution in [2.45, 2.75) is 38.4 Å². The number of ketones is 1. The Labute approximate surface area is 148 Å². The Morgan fingerprint density at radius 3 is 2.30 bits per heavy atom. The van der Waals surface area contributed by atoms with Gasteiger partial charge in [-0.1, -0.05) is 36.7 Å². The number of likely N-dealkylation sites (N-methyl/N-ethyl adjacent to an activating group) is 1. The first-order valence-corrected chi connectivity index (χ1v) is 11.1. The molecule has 2 saturated carbocycles. The lowest BCUT2D eigenvalue weighted by atomic mass is 9.70. The maximum atomic E-state index is 13.0. The van der Waals surface area contributed by atoms with Crippen molar-refractivity contribution in [1.82, 2.24) is 9.21 Å². The Hall–Kier alpha value is 0.0200. The first-order chi connectivity index (χ1) is 10.7. The summed E-state index contributed by atoms with van der Waals surface area (Å²) in [6, 6.07) is 0. The third-order valence-corrected chi connectivity index (χ3v) is 10.0. The zero-order chi connectivity index (χ0) is 17.0. The first-order valence-electron chi connectivity index (χ1n) is 8.54. The van der Waals surface area contributed by atoms with Crippen molar-refractivity contribution in [3.8, 4) is 0 Å². The van der Waals surface area contributed by atoms with E-state index in [0.717, 1.165) is 32.5 Å². The summed E-state index contributed by atoms with van der Waals surface area (Å²) in [7, 11) is -3.33. The summed E-state index contributed by atoms with van der Waals surface area (Å²) in [5.74, 6) is 0.426. The number of alkyl halides is 1. The van der Waals surface area contributed by atoms with E-state index in [2.05, 4.69) is 27.8 Å². The topological polar surface area (TPSA) is 57.7 Å². The second kappa shape index (κ2) is 5.78. The number of carbonyl (C=O) groups is 1. The van der Waals surface area contributed by atoms with Gasteiger partial charge in [-0.25, -0.2) is 8.42 Å². The molecule has 7 heteroatoms. The number of Topliss-reactive ketones (excluding diaryl/α,β-unsaturated/α-hetero) is 1. The first kappa shape index (κ1) is 17.8. The van der Waals surface area contributed by atoms with Crippen LogP contribution in [0, 0.1) is 16.7 Å². The Bertz CT molecular complexity index is 602. The number of sulfonamides is 1. The standard InChI is InChI=1S/C16H27BrN2O3S/c1-4-18-7-9-19(10-8-18)23(21,22)11-16(3)12-5-6-15(16,2)14(20)13(12)17/h12-13H,4-11H2,1-3H3/t12-,13+,15-,16+/m0/s1. The van der Waals surface area contributed by atoms with Crippen LogP contribution in [0.4, 0.5) is 0 Å². The lowest BCUT2D eigenvalue weighted by Gasteiger charge is -2.39. The molecule has 5 nitrogen and oxygen atoms in total. The summed E-state index contributed by atoms with van der Waals surface area (Å²) in [5.41, 5.74) is -0.969. The van der Waals surface area contributed by atoms with Crippen LogP contribution in [0.15, 0.2) is 0 Å². The van der Waals surface area contributed by atoms with Gasteiger partial charge in [-0.15, -0.1) is 0 Å². The lowest BCUT2D eigenvalue weighted by molar-refractivity contribution is -0.127. The van der Waals surface area contributed by atoms with Gasteiger partial charge in [-0.3, -0.25) is 4.79 Å². The fourth-order valence-corrected chi connectivity index (χ4v) is 8.42. The molecule has 1 aliphatic heterocycles. The van der Waals surface area contributed by atoms with Crippen LogP contribution < -0.4 is 0 Å². The summed E-state index contributed by atoms with van der Waals surface area (Å²) in [5, 5.41) is 0. The van der Waals surface area contributed by atoms with Crippen molar-refractivity contribution in [2.24, 2.45) is 16.7 Å². The van der Waals surface area contributed by atoms with E-state index >= 15 is 0 Å². The van der Waals surface area contributed by atoms with Crippen molar-refractivity contribution >= 4 is 31.7 Å². The van der Waals surface area contributed by atoms with Crippen molar-refractivity contribution in [2.75, 3.05) is 38.5 Å². The third-order valence-electron chi connectivity index (χ3n) is 6.84. The number of rotatable bonds is 4. The van der Waals surface area contributed by atoms with Crippen molar-refractivity contribution in [1.29, 1.82) is 0 Å². The molecule has 0 aromatic rings. The Kier molecular flexibility index (Phi) is 4.48. The zero-order valence-corrected chi connectivity index (χ0v) is 16.6. The fourth-order valence-electron chi connectivity index (χ4n) is 4.88. The highest BCUT2D eigenvalue weighted by Crippen LogP contribution is 2.65. The average molecular weight is 407 g/mol. The Balaban J connectivity index is 1.80. The van der Waals surface area contributed by atoms with Gasteiger partial charge in [-0.2, -0.15) is 4.31 Å². The monoisotopic (exact) mass is 406 g/mol. The van der Waals surface area contributed by atoms with Gasteiger partial charge in [-0.05, 0) is 30.7 Å². The van der Waals surface area contributed by atoms with Crippen LogP contribution >= 0.6 is 15.9 Å². The van der Waals surface area contributed by atoms with Gasteiger partial charge in [0.25, 0.3) is 0 Å². The van der Waals surface area contributed by atoms with Gasteiger partial charge < -0.3 is 4.90 Å². The van der Waals surface area contributed by atoms with Crippen LogP contribution in [0.2, 0.25) is 0 Å². The molecule has 132 valence electrons. The maximum absolute atomic E-state index is 13.0. The number of carbonyl (C=O) groups excluding carboxylic acids is 1. The summed E-state index contributed by atoms with van der Waals surface area (Å²) >= 11 is 3.53. The Morgan fingerprint density at radius 2 is 1.83 bits per heavy atom. The van der Waals surface area contributed by atoms with Gasteiger partial charge in [0.15, 0.2) is 5.78 Å². The molecular formula is C16H27BrN2O3S. The SMILES string of the molecule is CCN1CCN(S(=O)(=O)C[C@]2(C)[C@H]3CC[C@@]2(C)C(=O)[C@@H]3Br)CC1. The number of nitrogens with zero attached hydrogens (tertiary/aromatic N) is 2. The normalized spacial score (nSPS) is 42.5. The molecule has 1 heterocycles. The summed E-state index contributed by atoms with van der Waals surface area (Å²) in [4.78, 5) is 14.7. The molecule has 3 fully saturated rings. The molecule has 0 spiro atoms. The highest BCUT2D eigenvalue weighted by molar-refractivity contribution is 9.10. The minimum Gasteiger partial charge on any atom is -0.301 e. The molecule has 0 N–H and O–H groups in total. The average Bonchev–Trinajstić information content (AvgIpc) is 2.83. The van der Waals surface area contributed by atoms with E-state index in [4.69, 9.17) is 0 Å². The van der Waals surface area contributed by atoms with Crippen molar-refractivity contribution in [3.63, 3.8) is 0 Å². The van der Waals surface area contributed by atoms with Gasteiger partial charge in [0.05, 0.1) is 10.6 Å². The summed E-state index contributed by atoms with van der Waals surface area (Å²) in [6.45, 7) is 9.79. The molecular weight excluding hydrogens is 380 g/mol. The van der Waals surface area contributed by atoms with Crippen LogP contribution in [0.1, 0.15) is 33.6 Å². The number of piperazine rings is 1. The van der Waals surface area contributed by atoms with E-state index in [1.807, 2.05) is 13.8 Å². The molecule has 3 aliphatic rings. The second-order valence-corrected chi connectivity index (χ2v) is 10.7. The minimum absolute atomic E-state index is 0.0983. The quantitative estimate of drug-likeness (QED) is 0.666. The van der Waals surface area contributed by atoms with E-state index in [0.29, 0.717) is 13.1 Å². The predicted molar refractivity (Wildman–Crippen MR) is 94.1 cm³/mol. The van der Waals surface area contributed by atoms with Crippen LogP contribution in [-0.4, -0.2) is 66.7 Å². The van der Waals surface area contributed by atoms with Crippen LogP contribution in [0.3, 0.4) is 0 Å². The van der Waals surface area contributed by atoms with E-state index in [-0.39, 0.29) is 22.3 Å². The van der Waals surface area contributed by atoms with E-state index in [1.165, 1.54) is 0 Å². The van der Waals surface area contributed by atoms with E-state index in [1.54, 1.807) is 4.31 Å². The predicted octanol–water partition coefficient (Wildman–Crippen LogP) is 1.72. The van der Waals surface area contributed by atoms with Crippen molar-refractivity contribution in [3.05, 3.63) is 0 Å². The van der Waals surface area contributed by atoms with Crippen LogP contribution in [-0.2, 0) is 14.8 Å². The smallest absolute Gasteiger partial charge is 0.214 e. The Morgan fingerprint density at radius 1 is 1.22 bits per heavy atom. The molecule has 2 aliphatic carbocycles. The molecule has 23 heavy (non-hydrogen) atoms. The molecule has 0 aromatic carbocycles. The van der Waals surface area contributed by atoms with Crippen LogP contribution in [0.25, 0.3) is 0 Å². The second-order valence-electron chi connectivity index (χ2n) is 7.75. The summed E-state index contributed by atoms with van der Waals surface area (Å²) < 4.78 is 27.6. The molecule has 0 unspecified atom stereocenters. The number of hydrogen-bond acceptors (Lipinski definition) is 4. The molecule has 0 radical (unpaired) electrons. The van der Waals surface area contributed by atoms with Crippen molar-refractivity contribution < 1.29 is 13.2 Å². The molecule has 4 atom stereocenters.